The van der Waals surface area contributed by atoms with E-state index in [-0.39, 0.29) is 0 Å². The zero-order valence-corrected chi connectivity index (χ0v) is 16.8. The van der Waals surface area contributed by atoms with Gasteiger partial charge >= 0.3 is 0 Å². The van der Waals surface area contributed by atoms with Crippen LogP contribution in [0, 0.1) is 13.8 Å². The average molecular weight is 339 g/mol. The van der Waals surface area contributed by atoms with Crippen LogP contribution in [0.5, 0.6) is 0 Å². The van der Waals surface area contributed by atoms with Crippen molar-refractivity contribution in [1.29, 1.82) is 0 Å². The molecule has 0 fully saturated rings. The van der Waals surface area contributed by atoms with Gasteiger partial charge in [-0.1, -0.05) is 39.8 Å². The topological polar surface area (TPSA) is 52.0 Å². The van der Waals surface area contributed by atoms with Crippen molar-refractivity contribution in [2.45, 2.75) is 73.6 Å². The van der Waals surface area contributed by atoms with Gasteiger partial charge in [0, 0.05) is 11.4 Å². The molecule has 0 amide bonds. The van der Waals surface area contributed by atoms with Crippen LogP contribution in [-0.2, 0) is 32.1 Å². The van der Waals surface area contributed by atoms with Crippen molar-refractivity contribution in [1.82, 2.24) is 0 Å². The minimum atomic E-state index is 0.957. The molecule has 2 aromatic rings. The van der Waals surface area contributed by atoms with E-state index in [2.05, 4.69) is 53.7 Å². The highest BCUT2D eigenvalue weighted by Crippen LogP contribution is 2.31. The first-order valence-corrected chi connectivity index (χ1v) is 9.68. The molecule has 0 aliphatic rings. The van der Waals surface area contributed by atoms with Gasteiger partial charge in [0.15, 0.2) is 0 Å². The second-order valence-corrected chi connectivity index (χ2v) is 7.02. The summed E-state index contributed by atoms with van der Waals surface area (Å²) >= 11 is 0. The maximum atomic E-state index is 6.39. The lowest BCUT2D eigenvalue weighted by molar-refractivity contribution is 1.00. The second-order valence-electron chi connectivity index (χ2n) is 7.02. The molecule has 0 unspecified atom stereocenters. The van der Waals surface area contributed by atoms with E-state index in [0.29, 0.717) is 0 Å². The quantitative estimate of drug-likeness (QED) is 0.701. The minimum Gasteiger partial charge on any atom is -0.398 e. The van der Waals surface area contributed by atoms with Crippen LogP contribution in [0.15, 0.2) is 12.1 Å². The molecule has 0 spiro atoms. The Labute approximate surface area is 153 Å². The molecular formula is C23H34N2. The van der Waals surface area contributed by atoms with Crippen LogP contribution >= 0.6 is 0 Å². The van der Waals surface area contributed by atoms with Crippen LogP contribution < -0.4 is 11.5 Å². The lowest BCUT2D eigenvalue weighted by Gasteiger charge is -2.20. The van der Waals surface area contributed by atoms with Crippen molar-refractivity contribution in [3.05, 3.63) is 56.6 Å². The number of nitrogen functional groups attached to an aromatic ring is 2. The molecule has 25 heavy (non-hydrogen) atoms. The average Bonchev–Trinajstić information content (AvgIpc) is 2.60. The highest BCUT2D eigenvalue weighted by molar-refractivity contribution is 5.63. The molecular weight excluding hydrogens is 304 g/mol. The predicted octanol–water partition coefficient (Wildman–Crippen LogP) is 5.31. The molecule has 136 valence electrons. The molecule has 0 bridgehead atoms. The van der Waals surface area contributed by atoms with Crippen LogP contribution in [-0.4, -0.2) is 0 Å². The van der Waals surface area contributed by atoms with Crippen LogP contribution in [0.2, 0.25) is 0 Å². The monoisotopic (exact) mass is 338 g/mol. The number of rotatable bonds is 6. The maximum absolute atomic E-state index is 6.39. The SMILES string of the molecule is CCc1cc(Cc2cc(CC)c(N)c(CC)c2C)c(C)c(CC)c1N. The number of hydrogen-bond acceptors (Lipinski definition) is 2. The van der Waals surface area contributed by atoms with Crippen LogP contribution in [0.4, 0.5) is 11.4 Å². The summed E-state index contributed by atoms with van der Waals surface area (Å²) in [5.74, 6) is 0. The van der Waals surface area contributed by atoms with E-state index in [1.165, 1.54) is 44.5 Å². The van der Waals surface area contributed by atoms with Gasteiger partial charge in [-0.2, -0.15) is 0 Å². The molecule has 0 heterocycles. The molecule has 0 saturated heterocycles. The van der Waals surface area contributed by atoms with E-state index in [1.54, 1.807) is 0 Å². The molecule has 0 aromatic heterocycles. The predicted molar refractivity (Wildman–Crippen MR) is 112 cm³/mol. The fraction of sp³-hybridized carbons (Fsp3) is 0.478. The molecule has 0 radical (unpaired) electrons. The lowest BCUT2D eigenvalue weighted by Crippen LogP contribution is -2.08. The third-order valence-corrected chi connectivity index (χ3v) is 5.76. The first-order chi connectivity index (χ1) is 11.9. The van der Waals surface area contributed by atoms with Crippen molar-refractivity contribution in [3.8, 4) is 0 Å². The molecule has 0 atom stereocenters. The van der Waals surface area contributed by atoms with Crippen LogP contribution in [0.1, 0.15) is 72.2 Å². The molecule has 2 rings (SSSR count). The molecule has 4 N–H and O–H groups in total. The summed E-state index contributed by atoms with van der Waals surface area (Å²) in [4.78, 5) is 0. The molecule has 2 heteroatoms. The van der Waals surface area contributed by atoms with E-state index >= 15 is 0 Å². The third-order valence-electron chi connectivity index (χ3n) is 5.76. The Morgan fingerprint density at radius 3 is 1.24 bits per heavy atom. The van der Waals surface area contributed by atoms with E-state index < -0.39 is 0 Å². The van der Waals surface area contributed by atoms with Crippen molar-refractivity contribution in [2.24, 2.45) is 0 Å². The molecule has 2 nitrogen and oxygen atoms in total. The normalized spacial score (nSPS) is 11.1. The summed E-state index contributed by atoms with van der Waals surface area (Å²) in [6.07, 6.45) is 4.89. The van der Waals surface area contributed by atoms with Gasteiger partial charge in [0.25, 0.3) is 0 Å². The first kappa shape index (κ1) is 19.4. The van der Waals surface area contributed by atoms with Crippen molar-refractivity contribution < 1.29 is 0 Å². The van der Waals surface area contributed by atoms with Gasteiger partial charge < -0.3 is 11.5 Å². The second kappa shape index (κ2) is 7.95. The molecule has 0 aliphatic heterocycles. The van der Waals surface area contributed by atoms with Gasteiger partial charge in [0.05, 0.1) is 0 Å². The highest BCUT2D eigenvalue weighted by Gasteiger charge is 2.15. The maximum Gasteiger partial charge on any atom is 0.0381 e. The van der Waals surface area contributed by atoms with Crippen molar-refractivity contribution >= 4 is 11.4 Å². The zero-order valence-electron chi connectivity index (χ0n) is 16.8. The highest BCUT2D eigenvalue weighted by atomic mass is 14.6. The standard InChI is InChI=1S/C23H34N2/c1-7-16-11-18(14(5)20(9-3)22(16)24)13-19-12-17(8-2)23(25)21(10-4)15(19)6/h11-12H,7-10,13,24-25H2,1-6H3. The number of benzene rings is 2. The summed E-state index contributed by atoms with van der Waals surface area (Å²) in [5, 5.41) is 0. The number of hydrogen-bond donors (Lipinski definition) is 2. The number of nitrogens with two attached hydrogens (primary N) is 2. The van der Waals surface area contributed by atoms with Crippen LogP contribution in [0.3, 0.4) is 0 Å². The number of aryl methyl sites for hydroxylation is 2. The summed E-state index contributed by atoms with van der Waals surface area (Å²) in [6, 6.07) is 4.63. The Bertz CT molecular complexity index is 707. The Morgan fingerprint density at radius 1 is 0.600 bits per heavy atom. The molecule has 2 aromatic carbocycles. The molecule has 0 aliphatic carbocycles. The van der Waals surface area contributed by atoms with Crippen LogP contribution in [0.25, 0.3) is 0 Å². The Hall–Kier alpha value is -1.96. The van der Waals surface area contributed by atoms with Gasteiger partial charge in [-0.15, -0.1) is 0 Å². The van der Waals surface area contributed by atoms with Gasteiger partial charge in [-0.05, 0) is 90.5 Å². The number of anilines is 2. The van der Waals surface area contributed by atoms with Gasteiger partial charge in [0.1, 0.15) is 0 Å². The Balaban J connectivity index is 2.61. The van der Waals surface area contributed by atoms with E-state index in [4.69, 9.17) is 11.5 Å². The minimum absolute atomic E-state index is 0.957. The van der Waals surface area contributed by atoms with Gasteiger partial charge in [-0.3, -0.25) is 0 Å². The Morgan fingerprint density at radius 2 is 0.960 bits per heavy atom. The van der Waals surface area contributed by atoms with Gasteiger partial charge in [-0.25, -0.2) is 0 Å². The summed E-state index contributed by atoms with van der Waals surface area (Å²) in [6.45, 7) is 13.2. The summed E-state index contributed by atoms with van der Waals surface area (Å²) in [7, 11) is 0. The van der Waals surface area contributed by atoms with Crippen molar-refractivity contribution in [3.63, 3.8) is 0 Å². The smallest absolute Gasteiger partial charge is 0.0381 e. The summed E-state index contributed by atoms with van der Waals surface area (Å²) in [5.41, 5.74) is 25.4. The van der Waals surface area contributed by atoms with Crippen molar-refractivity contribution in [2.75, 3.05) is 11.5 Å². The lowest BCUT2D eigenvalue weighted by atomic mass is 9.87. The summed E-state index contributed by atoms with van der Waals surface area (Å²) < 4.78 is 0. The fourth-order valence-corrected chi connectivity index (χ4v) is 4.04. The fourth-order valence-electron chi connectivity index (χ4n) is 4.04. The first-order valence-electron chi connectivity index (χ1n) is 9.68. The largest absolute Gasteiger partial charge is 0.398 e. The van der Waals surface area contributed by atoms with Gasteiger partial charge in [0.2, 0.25) is 0 Å². The molecule has 0 saturated carbocycles. The van der Waals surface area contributed by atoms with E-state index in [1.807, 2.05) is 0 Å². The van der Waals surface area contributed by atoms with E-state index in [0.717, 1.165) is 43.5 Å². The van der Waals surface area contributed by atoms with E-state index in [9.17, 15) is 0 Å². The zero-order chi connectivity index (χ0) is 18.7. The Kier molecular flexibility index (Phi) is 6.16. The third kappa shape index (κ3) is 3.53.